The highest BCUT2D eigenvalue weighted by Gasteiger charge is 2.15. The quantitative estimate of drug-likeness (QED) is 0.687. The van der Waals surface area contributed by atoms with Crippen molar-refractivity contribution in [3.05, 3.63) is 34.6 Å². The first-order valence-corrected chi connectivity index (χ1v) is 6.15. The summed E-state index contributed by atoms with van der Waals surface area (Å²) < 4.78 is 8.22. The maximum absolute atomic E-state index is 12.4. The van der Waals surface area contributed by atoms with Gasteiger partial charge in [-0.05, 0) is 6.92 Å². The number of likely N-dealkylation sites (N-methyl/N-ethyl adjacent to an activating group) is 1. The summed E-state index contributed by atoms with van der Waals surface area (Å²) in [6.45, 7) is 1.71. The van der Waals surface area contributed by atoms with Crippen LogP contribution in [0.25, 0.3) is 16.6 Å². The first-order chi connectivity index (χ1) is 9.49. The Labute approximate surface area is 114 Å². The van der Waals surface area contributed by atoms with E-state index in [2.05, 4.69) is 5.10 Å². The molecule has 7 heteroatoms. The SMILES string of the molecule is Cc1nn(CC(=O)N(C)C)c(=O)c2cc3occc3n12. The molecule has 0 unspecified atom stereocenters. The number of hydrogen-bond acceptors (Lipinski definition) is 4. The Morgan fingerprint density at radius 1 is 1.40 bits per heavy atom. The van der Waals surface area contributed by atoms with Gasteiger partial charge in [0, 0.05) is 26.2 Å². The number of nitrogens with zero attached hydrogens (tertiary/aromatic N) is 4. The Bertz CT molecular complexity index is 869. The number of rotatable bonds is 2. The Morgan fingerprint density at radius 2 is 2.15 bits per heavy atom. The second-order valence-electron chi connectivity index (χ2n) is 4.83. The lowest BCUT2D eigenvalue weighted by Crippen LogP contribution is -2.34. The molecule has 0 saturated heterocycles. The average molecular weight is 274 g/mol. The van der Waals surface area contributed by atoms with Crippen LogP contribution in [0.4, 0.5) is 0 Å². The zero-order valence-corrected chi connectivity index (χ0v) is 11.5. The number of aromatic nitrogens is 3. The third-order valence-electron chi connectivity index (χ3n) is 3.25. The molecule has 7 nitrogen and oxygen atoms in total. The molecule has 104 valence electrons. The van der Waals surface area contributed by atoms with Gasteiger partial charge in [0.15, 0.2) is 5.58 Å². The summed E-state index contributed by atoms with van der Waals surface area (Å²) in [6.07, 6.45) is 1.57. The fraction of sp³-hybridized carbons (Fsp3) is 0.308. The summed E-state index contributed by atoms with van der Waals surface area (Å²) in [4.78, 5) is 25.5. The molecule has 3 heterocycles. The van der Waals surface area contributed by atoms with Crippen molar-refractivity contribution in [3.8, 4) is 0 Å². The van der Waals surface area contributed by atoms with Gasteiger partial charge in [-0.25, -0.2) is 4.68 Å². The van der Waals surface area contributed by atoms with Gasteiger partial charge in [0.25, 0.3) is 5.56 Å². The normalized spacial score (nSPS) is 11.3. The summed E-state index contributed by atoms with van der Waals surface area (Å²) in [5.74, 6) is 0.446. The highest BCUT2D eigenvalue weighted by molar-refractivity contribution is 5.82. The Balaban J connectivity index is 2.23. The fourth-order valence-corrected chi connectivity index (χ4v) is 2.21. The Morgan fingerprint density at radius 3 is 2.85 bits per heavy atom. The van der Waals surface area contributed by atoms with Crippen LogP contribution in [0.3, 0.4) is 0 Å². The van der Waals surface area contributed by atoms with Gasteiger partial charge in [-0.1, -0.05) is 0 Å². The van der Waals surface area contributed by atoms with E-state index < -0.39 is 0 Å². The number of amides is 1. The van der Waals surface area contributed by atoms with Crippen molar-refractivity contribution in [2.24, 2.45) is 0 Å². The number of hydrogen-bond donors (Lipinski definition) is 0. The van der Waals surface area contributed by atoms with Crippen LogP contribution >= 0.6 is 0 Å². The van der Waals surface area contributed by atoms with Gasteiger partial charge in [-0.15, -0.1) is 0 Å². The van der Waals surface area contributed by atoms with E-state index in [1.165, 1.54) is 9.58 Å². The van der Waals surface area contributed by atoms with Crippen LogP contribution in [0, 0.1) is 6.92 Å². The molecule has 0 atom stereocenters. The van der Waals surface area contributed by atoms with Crippen LogP contribution in [0.1, 0.15) is 5.82 Å². The van der Waals surface area contributed by atoms with E-state index in [0.717, 1.165) is 5.52 Å². The predicted molar refractivity (Wildman–Crippen MR) is 72.7 cm³/mol. The van der Waals surface area contributed by atoms with E-state index in [1.807, 2.05) is 0 Å². The van der Waals surface area contributed by atoms with Gasteiger partial charge >= 0.3 is 0 Å². The number of furan rings is 1. The van der Waals surface area contributed by atoms with Crippen molar-refractivity contribution < 1.29 is 9.21 Å². The van der Waals surface area contributed by atoms with E-state index in [0.29, 0.717) is 16.9 Å². The summed E-state index contributed by atoms with van der Waals surface area (Å²) in [6, 6.07) is 3.45. The highest BCUT2D eigenvalue weighted by Crippen LogP contribution is 2.19. The van der Waals surface area contributed by atoms with Crippen LogP contribution in [-0.2, 0) is 11.3 Å². The molecule has 1 amide bonds. The summed E-state index contributed by atoms with van der Waals surface area (Å²) in [7, 11) is 3.28. The van der Waals surface area contributed by atoms with Crippen molar-refractivity contribution >= 4 is 22.5 Å². The lowest BCUT2D eigenvalue weighted by atomic mass is 10.5. The minimum atomic E-state index is -0.308. The van der Waals surface area contributed by atoms with Gasteiger partial charge in [-0.3, -0.25) is 14.0 Å². The Kier molecular flexibility index (Phi) is 2.63. The van der Waals surface area contributed by atoms with Crippen molar-refractivity contribution in [2.75, 3.05) is 14.1 Å². The lowest BCUT2D eigenvalue weighted by Gasteiger charge is -2.12. The minimum absolute atomic E-state index is 0.0737. The highest BCUT2D eigenvalue weighted by atomic mass is 16.3. The number of fused-ring (bicyclic) bond motifs is 3. The van der Waals surface area contributed by atoms with Gasteiger partial charge in [0.2, 0.25) is 5.91 Å². The van der Waals surface area contributed by atoms with E-state index >= 15 is 0 Å². The van der Waals surface area contributed by atoms with Crippen LogP contribution in [0.2, 0.25) is 0 Å². The molecule has 3 rings (SSSR count). The van der Waals surface area contributed by atoms with Crippen molar-refractivity contribution in [1.29, 1.82) is 0 Å². The smallest absolute Gasteiger partial charge is 0.291 e. The van der Waals surface area contributed by atoms with Gasteiger partial charge in [-0.2, -0.15) is 5.10 Å². The van der Waals surface area contributed by atoms with E-state index in [1.54, 1.807) is 43.8 Å². The van der Waals surface area contributed by atoms with Crippen LogP contribution in [0.15, 0.2) is 27.6 Å². The molecule has 0 spiro atoms. The number of carbonyl (C=O) groups is 1. The zero-order valence-electron chi connectivity index (χ0n) is 11.5. The van der Waals surface area contributed by atoms with E-state index in [-0.39, 0.29) is 18.0 Å². The second kappa shape index (κ2) is 4.22. The predicted octanol–water partition coefficient (Wildman–Crippen LogP) is 0.639. The molecule has 3 aromatic heterocycles. The topological polar surface area (TPSA) is 72.8 Å². The first kappa shape index (κ1) is 12.5. The molecule has 0 aliphatic heterocycles. The minimum Gasteiger partial charge on any atom is -0.463 e. The molecule has 20 heavy (non-hydrogen) atoms. The molecule has 0 N–H and O–H groups in total. The van der Waals surface area contributed by atoms with E-state index in [4.69, 9.17) is 4.42 Å². The molecular formula is C13H14N4O3. The lowest BCUT2D eigenvalue weighted by molar-refractivity contribution is -0.129. The molecule has 0 aromatic carbocycles. The van der Waals surface area contributed by atoms with E-state index in [9.17, 15) is 9.59 Å². The maximum Gasteiger partial charge on any atom is 0.291 e. The molecule has 0 bridgehead atoms. The third-order valence-corrected chi connectivity index (χ3v) is 3.25. The molecule has 0 saturated carbocycles. The number of aryl methyl sites for hydroxylation is 1. The monoisotopic (exact) mass is 274 g/mol. The largest absolute Gasteiger partial charge is 0.463 e. The summed E-state index contributed by atoms with van der Waals surface area (Å²) in [5.41, 5.74) is 1.58. The van der Waals surface area contributed by atoms with Crippen LogP contribution in [0.5, 0.6) is 0 Å². The summed E-state index contributed by atoms with van der Waals surface area (Å²) in [5, 5.41) is 4.20. The van der Waals surface area contributed by atoms with Gasteiger partial charge in [0.1, 0.15) is 17.9 Å². The molecule has 0 radical (unpaired) electrons. The number of carbonyl (C=O) groups excluding carboxylic acids is 1. The second-order valence-corrected chi connectivity index (χ2v) is 4.83. The molecule has 0 fully saturated rings. The van der Waals surface area contributed by atoms with Gasteiger partial charge in [0.05, 0.1) is 11.8 Å². The molecule has 0 aliphatic rings. The zero-order chi connectivity index (χ0) is 14.4. The molecule has 3 aromatic rings. The standard InChI is InChI=1S/C13H14N4O3/c1-8-14-16(7-12(18)15(2)3)13(19)10-6-11-9(17(8)10)4-5-20-11/h4-6H,7H2,1-3H3. The summed E-state index contributed by atoms with van der Waals surface area (Å²) >= 11 is 0. The van der Waals surface area contributed by atoms with Crippen LogP contribution in [-0.4, -0.2) is 39.1 Å². The Hall–Kier alpha value is -2.57. The van der Waals surface area contributed by atoms with Crippen molar-refractivity contribution in [3.63, 3.8) is 0 Å². The average Bonchev–Trinajstić information content (AvgIpc) is 2.94. The van der Waals surface area contributed by atoms with Crippen LogP contribution < -0.4 is 5.56 Å². The first-order valence-electron chi connectivity index (χ1n) is 6.15. The van der Waals surface area contributed by atoms with Gasteiger partial charge < -0.3 is 9.32 Å². The third kappa shape index (κ3) is 1.70. The maximum atomic E-state index is 12.4. The fourth-order valence-electron chi connectivity index (χ4n) is 2.21. The molecule has 0 aliphatic carbocycles. The van der Waals surface area contributed by atoms with Crippen molar-refractivity contribution in [2.45, 2.75) is 13.5 Å². The van der Waals surface area contributed by atoms with Crippen molar-refractivity contribution in [1.82, 2.24) is 19.1 Å². The molecular weight excluding hydrogens is 260 g/mol.